The minimum Gasteiger partial charge on any atom is -0.378 e. The monoisotopic (exact) mass is 451 g/mol. The molecule has 7 heteroatoms. The van der Waals surface area contributed by atoms with Crippen molar-refractivity contribution in [3.05, 3.63) is 59.9 Å². The van der Waals surface area contributed by atoms with Gasteiger partial charge in [0, 0.05) is 57.1 Å². The predicted octanol–water partition coefficient (Wildman–Crippen LogP) is 4.77. The van der Waals surface area contributed by atoms with Gasteiger partial charge in [-0.1, -0.05) is 0 Å². The molecule has 0 atom stereocenters. The SMILES string of the molecule is CCN(CC)C(=O)c1cnn2ccc(C3CCN(Sc4ccc(N(C)C)cc4)CC3)cc12. The molecule has 4 rings (SSSR count). The maximum atomic E-state index is 12.9. The summed E-state index contributed by atoms with van der Waals surface area (Å²) in [7, 11) is 4.13. The van der Waals surface area contributed by atoms with Gasteiger partial charge < -0.3 is 9.80 Å². The fourth-order valence-electron chi connectivity index (χ4n) is 4.33. The zero-order chi connectivity index (χ0) is 22.7. The minimum atomic E-state index is 0.0636. The highest BCUT2D eigenvalue weighted by Crippen LogP contribution is 2.34. The Labute approximate surface area is 195 Å². The van der Waals surface area contributed by atoms with Gasteiger partial charge in [-0.2, -0.15) is 5.10 Å². The lowest BCUT2D eigenvalue weighted by molar-refractivity contribution is 0.0775. The van der Waals surface area contributed by atoms with Crippen LogP contribution in [-0.4, -0.2) is 65.0 Å². The molecule has 32 heavy (non-hydrogen) atoms. The van der Waals surface area contributed by atoms with Crippen LogP contribution in [-0.2, 0) is 0 Å². The second-order valence-electron chi connectivity index (χ2n) is 8.51. The van der Waals surface area contributed by atoms with Crippen molar-refractivity contribution in [2.24, 2.45) is 0 Å². The topological polar surface area (TPSA) is 44.1 Å². The Morgan fingerprint density at radius 1 is 1.09 bits per heavy atom. The Balaban J connectivity index is 1.42. The second-order valence-corrected chi connectivity index (χ2v) is 9.68. The van der Waals surface area contributed by atoms with Crippen LogP contribution >= 0.6 is 11.9 Å². The van der Waals surface area contributed by atoms with Gasteiger partial charge in [0.1, 0.15) is 0 Å². The van der Waals surface area contributed by atoms with Crippen LogP contribution in [0.2, 0.25) is 0 Å². The minimum absolute atomic E-state index is 0.0636. The first-order valence-electron chi connectivity index (χ1n) is 11.5. The number of piperidine rings is 1. The Kier molecular flexibility index (Phi) is 7.06. The molecule has 0 saturated carbocycles. The van der Waals surface area contributed by atoms with Gasteiger partial charge in [-0.15, -0.1) is 0 Å². The van der Waals surface area contributed by atoms with Crippen LogP contribution in [0.1, 0.15) is 48.5 Å². The summed E-state index contributed by atoms with van der Waals surface area (Å²) in [6, 6.07) is 13.1. The highest BCUT2D eigenvalue weighted by Gasteiger charge is 2.23. The largest absolute Gasteiger partial charge is 0.378 e. The summed E-state index contributed by atoms with van der Waals surface area (Å²) in [5, 5.41) is 4.41. The number of rotatable bonds is 7. The Morgan fingerprint density at radius 3 is 2.41 bits per heavy atom. The van der Waals surface area contributed by atoms with Gasteiger partial charge in [-0.05, 0) is 86.5 Å². The van der Waals surface area contributed by atoms with Crippen LogP contribution < -0.4 is 4.90 Å². The van der Waals surface area contributed by atoms with Crippen LogP contribution in [0.3, 0.4) is 0 Å². The summed E-state index contributed by atoms with van der Waals surface area (Å²) in [5.41, 5.74) is 4.15. The van der Waals surface area contributed by atoms with Gasteiger partial charge >= 0.3 is 0 Å². The molecule has 0 unspecified atom stereocenters. The Morgan fingerprint density at radius 2 is 1.78 bits per heavy atom. The third-order valence-corrected chi connectivity index (χ3v) is 7.45. The van der Waals surface area contributed by atoms with Gasteiger partial charge in [-0.3, -0.25) is 4.79 Å². The van der Waals surface area contributed by atoms with Crippen molar-refractivity contribution in [1.82, 2.24) is 18.8 Å². The van der Waals surface area contributed by atoms with Crippen LogP contribution in [0.15, 0.2) is 53.7 Å². The number of carbonyl (C=O) groups excluding carboxylic acids is 1. The maximum absolute atomic E-state index is 12.9. The van der Waals surface area contributed by atoms with E-state index in [1.807, 2.05) is 41.4 Å². The number of aromatic nitrogens is 2. The summed E-state index contributed by atoms with van der Waals surface area (Å²) >= 11 is 1.85. The van der Waals surface area contributed by atoms with E-state index in [1.54, 1.807) is 6.20 Å². The smallest absolute Gasteiger partial charge is 0.257 e. The quantitative estimate of drug-likeness (QED) is 0.484. The fraction of sp³-hybridized carbons (Fsp3) is 0.440. The Hall–Kier alpha value is -2.51. The molecule has 6 nitrogen and oxygen atoms in total. The van der Waals surface area contributed by atoms with E-state index < -0.39 is 0 Å². The van der Waals surface area contributed by atoms with Gasteiger partial charge in [-0.25, -0.2) is 8.82 Å². The van der Waals surface area contributed by atoms with Crippen molar-refractivity contribution in [3.8, 4) is 0 Å². The molecule has 3 aromatic rings. The zero-order valence-corrected chi connectivity index (χ0v) is 20.3. The molecule has 1 aromatic carbocycles. The van der Waals surface area contributed by atoms with Crippen LogP contribution in [0.25, 0.3) is 5.52 Å². The fourth-order valence-corrected chi connectivity index (χ4v) is 5.28. The molecule has 2 aromatic heterocycles. The molecule has 1 aliphatic heterocycles. The van der Waals surface area contributed by atoms with Crippen molar-refractivity contribution in [1.29, 1.82) is 0 Å². The standard InChI is InChI=1S/C25H33N5OS/c1-5-28(6-2)25(31)23-18-26-30-16-13-20(17-24(23)30)19-11-14-29(15-12-19)32-22-9-7-21(8-10-22)27(3)4/h7-10,13,16-19H,5-6,11-12,14-15H2,1-4H3. The van der Waals surface area contributed by atoms with E-state index in [-0.39, 0.29) is 5.91 Å². The van der Waals surface area contributed by atoms with Gasteiger partial charge in [0.25, 0.3) is 5.91 Å². The molecule has 0 radical (unpaired) electrons. The number of amides is 1. The number of fused-ring (bicyclic) bond motifs is 1. The van der Waals surface area contributed by atoms with E-state index in [2.05, 4.69) is 64.8 Å². The molecule has 1 fully saturated rings. The van der Waals surface area contributed by atoms with Crippen molar-refractivity contribution in [2.45, 2.75) is 37.5 Å². The lowest BCUT2D eigenvalue weighted by Gasteiger charge is -2.31. The molecule has 170 valence electrons. The molecule has 0 N–H and O–H groups in total. The summed E-state index contributed by atoms with van der Waals surface area (Å²) in [5.74, 6) is 0.577. The number of hydrogen-bond donors (Lipinski definition) is 0. The first-order chi connectivity index (χ1) is 15.5. The predicted molar refractivity (Wildman–Crippen MR) is 133 cm³/mol. The molecule has 1 amide bonds. The van der Waals surface area contributed by atoms with Gasteiger partial charge in [0.15, 0.2) is 0 Å². The normalized spacial score (nSPS) is 15.2. The van der Waals surface area contributed by atoms with Crippen LogP contribution in [0.4, 0.5) is 5.69 Å². The van der Waals surface area contributed by atoms with Crippen molar-refractivity contribution in [3.63, 3.8) is 0 Å². The number of pyridine rings is 1. The average Bonchev–Trinajstić information content (AvgIpc) is 3.24. The lowest BCUT2D eigenvalue weighted by Crippen LogP contribution is -2.30. The summed E-state index contributed by atoms with van der Waals surface area (Å²) in [4.78, 5) is 18.2. The molecular formula is C25H33N5OS. The van der Waals surface area contributed by atoms with E-state index >= 15 is 0 Å². The molecule has 3 heterocycles. The molecule has 0 aliphatic carbocycles. The lowest BCUT2D eigenvalue weighted by atomic mass is 9.90. The van der Waals surface area contributed by atoms with E-state index in [9.17, 15) is 4.79 Å². The highest BCUT2D eigenvalue weighted by molar-refractivity contribution is 7.97. The first-order valence-corrected chi connectivity index (χ1v) is 12.2. The van der Waals surface area contributed by atoms with Crippen molar-refractivity contribution < 1.29 is 4.79 Å². The van der Waals surface area contributed by atoms with Gasteiger partial charge in [0.05, 0.1) is 17.3 Å². The van der Waals surface area contributed by atoms with E-state index in [0.717, 1.165) is 31.4 Å². The Bertz CT molecular complexity index is 1050. The van der Waals surface area contributed by atoms with E-state index in [1.165, 1.54) is 16.1 Å². The van der Waals surface area contributed by atoms with Crippen LogP contribution in [0, 0.1) is 0 Å². The zero-order valence-electron chi connectivity index (χ0n) is 19.5. The number of carbonyl (C=O) groups is 1. The summed E-state index contributed by atoms with van der Waals surface area (Å²) in [6.07, 6.45) is 5.94. The van der Waals surface area contributed by atoms with Crippen molar-refractivity contribution in [2.75, 3.05) is 45.2 Å². The summed E-state index contributed by atoms with van der Waals surface area (Å²) in [6.45, 7) is 7.56. The number of benzene rings is 1. The van der Waals surface area contributed by atoms with E-state index in [0.29, 0.717) is 24.6 Å². The van der Waals surface area contributed by atoms with Crippen LogP contribution in [0.5, 0.6) is 0 Å². The van der Waals surface area contributed by atoms with Gasteiger partial charge in [0.2, 0.25) is 0 Å². The third-order valence-electron chi connectivity index (χ3n) is 6.34. The second kappa shape index (κ2) is 9.96. The number of hydrogen-bond acceptors (Lipinski definition) is 5. The molecule has 1 aliphatic rings. The van der Waals surface area contributed by atoms with E-state index in [4.69, 9.17) is 0 Å². The third kappa shape index (κ3) is 4.79. The number of nitrogens with zero attached hydrogens (tertiary/aromatic N) is 5. The average molecular weight is 452 g/mol. The molecule has 1 saturated heterocycles. The van der Waals surface area contributed by atoms with Crippen molar-refractivity contribution >= 4 is 29.1 Å². The number of anilines is 1. The molecule has 0 spiro atoms. The molecule has 0 bridgehead atoms. The summed E-state index contributed by atoms with van der Waals surface area (Å²) < 4.78 is 4.29. The first kappa shape index (κ1) is 22.7. The highest BCUT2D eigenvalue weighted by atomic mass is 32.2. The molecular weight excluding hydrogens is 418 g/mol. The maximum Gasteiger partial charge on any atom is 0.257 e.